The molecule has 4 rings (SSSR count). The normalized spacial score (nSPS) is 24.5. The predicted molar refractivity (Wildman–Crippen MR) is 91.3 cm³/mol. The molecule has 1 saturated carbocycles. The van der Waals surface area contributed by atoms with E-state index in [1.807, 2.05) is 6.20 Å². The summed E-state index contributed by atoms with van der Waals surface area (Å²) >= 11 is 0. The van der Waals surface area contributed by atoms with Gasteiger partial charge in [0.2, 0.25) is 0 Å². The Balaban J connectivity index is 1.58. The Kier molecular flexibility index (Phi) is 3.75. The largest absolute Gasteiger partial charge is 0.353 e. The van der Waals surface area contributed by atoms with Gasteiger partial charge < -0.3 is 9.47 Å². The first-order valence-corrected chi connectivity index (χ1v) is 8.50. The molecule has 1 aliphatic carbocycles. The molecule has 0 amide bonds. The molecule has 2 fully saturated rings. The van der Waals surface area contributed by atoms with Gasteiger partial charge in [-0.1, -0.05) is 30.3 Å². The third-order valence-corrected chi connectivity index (χ3v) is 5.87. The number of methoxy groups -OCH3 is 2. The molecule has 1 atom stereocenters. The van der Waals surface area contributed by atoms with E-state index in [0.29, 0.717) is 6.04 Å². The van der Waals surface area contributed by atoms with Crippen molar-refractivity contribution in [2.75, 3.05) is 20.8 Å². The van der Waals surface area contributed by atoms with Gasteiger partial charge in [0.05, 0.1) is 6.20 Å². The molecule has 2 aromatic rings. The number of likely N-dealkylation sites (tertiary alicyclic amines) is 1. The van der Waals surface area contributed by atoms with Crippen molar-refractivity contribution in [1.82, 2.24) is 15.1 Å². The Hall–Kier alpha value is -1.69. The van der Waals surface area contributed by atoms with E-state index >= 15 is 0 Å². The second-order valence-electron chi connectivity index (χ2n) is 7.27. The van der Waals surface area contributed by atoms with Crippen molar-refractivity contribution in [3.63, 3.8) is 0 Å². The first-order valence-electron chi connectivity index (χ1n) is 8.50. The first-order chi connectivity index (χ1) is 11.6. The molecule has 1 N–H and O–H groups in total. The molecule has 0 bridgehead atoms. The van der Waals surface area contributed by atoms with E-state index in [4.69, 9.17) is 9.47 Å². The molecule has 1 unspecified atom stereocenters. The summed E-state index contributed by atoms with van der Waals surface area (Å²) in [6.07, 6.45) is 3.85. The number of aromatic nitrogens is 2. The van der Waals surface area contributed by atoms with Crippen LogP contribution in [-0.2, 0) is 16.0 Å². The summed E-state index contributed by atoms with van der Waals surface area (Å²) in [7, 11) is 3.50. The molecule has 2 aliphatic rings. The van der Waals surface area contributed by atoms with Crippen LogP contribution in [0, 0.1) is 12.3 Å². The van der Waals surface area contributed by atoms with Crippen LogP contribution in [0.4, 0.5) is 0 Å². The number of hydrogen-bond donors (Lipinski definition) is 1. The Morgan fingerprint density at radius 3 is 2.50 bits per heavy atom. The number of aryl methyl sites for hydroxylation is 1. The van der Waals surface area contributed by atoms with E-state index in [0.717, 1.165) is 31.6 Å². The van der Waals surface area contributed by atoms with Crippen LogP contribution in [0.2, 0.25) is 0 Å². The van der Waals surface area contributed by atoms with Crippen molar-refractivity contribution >= 4 is 0 Å². The molecule has 1 aliphatic heterocycles. The van der Waals surface area contributed by atoms with Crippen molar-refractivity contribution in [2.45, 2.75) is 38.1 Å². The molecule has 5 nitrogen and oxygen atoms in total. The summed E-state index contributed by atoms with van der Waals surface area (Å²) < 4.78 is 11.3. The Labute approximate surface area is 143 Å². The lowest BCUT2D eigenvalue weighted by Gasteiger charge is -2.67. The van der Waals surface area contributed by atoms with Gasteiger partial charge >= 0.3 is 0 Å². The second-order valence-corrected chi connectivity index (χ2v) is 7.27. The van der Waals surface area contributed by atoms with Crippen LogP contribution >= 0.6 is 0 Å². The second kappa shape index (κ2) is 5.69. The summed E-state index contributed by atoms with van der Waals surface area (Å²) in [5.74, 6) is -0.398. The number of hydrogen-bond acceptors (Lipinski definition) is 4. The van der Waals surface area contributed by atoms with Gasteiger partial charge in [-0.2, -0.15) is 5.10 Å². The van der Waals surface area contributed by atoms with E-state index in [2.05, 4.69) is 52.4 Å². The zero-order valence-electron chi connectivity index (χ0n) is 14.6. The van der Waals surface area contributed by atoms with Gasteiger partial charge in [0, 0.05) is 62.9 Å². The molecule has 1 aromatic carbocycles. The van der Waals surface area contributed by atoms with Crippen molar-refractivity contribution in [3.05, 3.63) is 53.3 Å². The Morgan fingerprint density at radius 1 is 1.21 bits per heavy atom. The van der Waals surface area contributed by atoms with E-state index in [1.54, 1.807) is 14.2 Å². The monoisotopic (exact) mass is 327 g/mol. The standard InChI is InChI=1S/C19H25N3O2/c1-14-16(9-20-21-14)10-22-13-18(11-19(12-18,23-2)24-3)17(22)15-7-5-4-6-8-15/h4-9,17H,10-13H2,1-3H3,(H,20,21). The Morgan fingerprint density at radius 2 is 1.92 bits per heavy atom. The predicted octanol–water partition coefficient (Wildman–Crippen LogP) is 3.04. The maximum Gasteiger partial charge on any atom is 0.168 e. The van der Waals surface area contributed by atoms with Crippen LogP contribution in [0.5, 0.6) is 0 Å². The van der Waals surface area contributed by atoms with Gasteiger partial charge in [-0.25, -0.2) is 0 Å². The Bertz CT molecular complexity index is 700. The van der Waals surface area contributed by atoms with E-state index in [1.165, 1.54) is 11.1 Å². The highest BCUT2D eigenvalue weighted by atomic mass is 16.7. The van der Waals surface area contributed by atoms with Gasteiger partial charge in [0.1, 0.15) is 0 Å². The lowest BCUT2D eigenvalue weighted by atomic mass is 9.53. The van der Waals surface area contributed by atoms with Crippen molar-refractivity contribution in [1.29, 1.82) is 0 Å². The SMILES string of the molecule is COC1(OC)CC2(CN(Cc3cn[nH]c3C)C2c2ccccc2)C1. The summed E-state index contributed by atoms with van der Waals surface area (Å²) in [6, 6.07) is 11.2. The van der Waals surface area contributed by atoms with Crippen LogP contribution in [0.25, 0.3) is 0 Å². The van der Waals surface area contributed by atoms with Crippen LogP contribution in [0.3, 0.4) is 0 Å². The van der Waals surface area contributed by atoms with Crippen molar-refractivity contribution in [2.24, 2.45) is 5.41 Å². The third-order valence-electron chi connectivity index (χ3n) is 5.87. The van der Waals surface area contributed by atoms with Gasteiger partial charge in [-0.15, -0.1) is 0 Å². The fourth-order valence-corrected chi connectivity index (χ4v) is 4.66. The molecular weight excluding hydrogens is 302 g/mol. The smallest absolute Gasteiger partial charge is 0.168 e. The number of benzene rings is 1. The maximum absolute atomic E-state index is 5.64. The minimum Gasteiger partial charge on any atom is -0.353 e. The lowest BCUT2D eigenvalue weighted by molar-refractivity contribution is -0.337. The quantitative estimate of drug-likeness (QED) is 0.858. The number of nitrogens with zero attached hydrogens (tertiary/aromatic N) is 2. The minimum atomic E-state index is -0.398. The summed E-state index contributed by atoms with van der Waals surface area (Å²) in [4.78, 5) is 2.54. The summed E-state index contributed by atoms with van der Waals surface area (Å²) in [5, 5.41) is 7.20. The van der Waals surface area contributed by atoms with Gasteiger partial charge in [0.25, 0.3) is 0 Å². The first kappa shape index (κ1) is 15.8. The summed E-state index contributed by atoms with van der Waals surface area (Å²) in [6.45, 7) is 4.09. The number of aromatic amines is 1. The average Bonchev–Trinajstić information content (AvgIpc) is 2.95. The summed E-state index contributed by atoms with van der Waals surface area (Å²) in [5.41, 5.74) is 4.06. The van der Waals surface area contributed by atoms with Crippen LogP contribution in [0.15, 0.2) is 36.5 Å². The van der Waals surface area contributed by atoms with E-state index < -0.39 is 5.79 Å². The van der Waals surface area contributed by atoms with Gasteiger partial charge in [0.15, 0.2) is 5.79 Å². The molecule has 1 aromatic heterocycles. The van der Waals surface area contributed by atoms with Gasteiger partial charge in [-0.05, 0) is 12.5 Å². The zero-order chi connectivity index (χ0) is 16.8. The van der Waals surface area contributed by atoms with Crippen LogP contribution in [0.1, 0.15) is 35.7 Å². The zero-order valence-corrected chi connectivity index (χ0v) is 14.6. The number of H-pyrrole nitrogens is 1. The fraction of sp³-hybridized carbons (Fsp3) is 0.526. The van der Waals surface area contributed by atoms with Crippen LogP contribution < -0.4 is 0 Å². The average molecular weight is 327 g/mol. The number of rotatable bonds is 5. The molecule has 1 saturated heterocycles. The highest BCUT2D eigenvalue weighted by molar-refractivity contribution is 5.30. The van der Waals surface area contributed by atoms with E-state index in [9.17, 15) is 0 Å². The lowest BCUT2D eigenvalue weighted by Crippen LogP contribution is -2.69. The molecular formula is C19H25N3O2. The number of nitrogens with one attached hydrogen (secondary N) is 1. The molecule has 0 radical (unpaired) electrons. The van der Waals surface area contributed by atoms with Crippen molar-refractivity contribution < 1.29 is 9.47 Å². The fourth-order valence-electron chi connectivity index (χ4n) is 4.66. The highest BCUT2D eigenvalue weighted by Gasteiger charge is 2.66. The van der Waals surface area contributed by atoms with Crippen molar-refractivity contribution in [3.8, 4) is 0 Å². The molecule has 24 heavy (non-hydrogen) atoms. The minimum absolute atomic E-state index is 0.255. The van der Waals surface area contributed by atoms with Crippen LogP contribution in [-0.4, -0.2) is 41.6 Å². The molecule has 1 spiro atoms. The third kappa shape index (κ3) is 2.31. The molecule has 2 heterocycles. The molecule has 128 valence electrons. The molecule has 5 heteroatoms. The topological polar surface area (TPSA) is 50.4 Å². The van der Waals surface area contributed by atoms with E-state index in [-0.39, 0.29) is 5.41 Å². The highest BCUT2D eigenvalue weighted by Crippen LogP contribution is 2.65. The van der Waals surface area contributed by atoms with Gasteiger partial charge in [-0.3, -0.25) is 10.00 Å². The number of ether oxygens (including phenoxy) is 2. The maximum atomic E-state index is 5.64.